The van der Waals surface area contributed by atoms with Gasteiger partial charge in [0.1, 0.15) is 10.6 Å². The summed E-state index contributed by atoms with van der Waals surface area (Å²) in [6, 6.07) is 12.7. The summed E-state index contributed by atoms with van der Waals surface area (Å²) in [6.45, 7) is 1.91. The van der Waals surface area contributed by atoms with Gasteiger partial charge >= 0.3 is 5.97 Å². The Kier molecular flexibility index (Phi) is 6.40. The van der Waals surface area contributed by atoms with Crippen molar-refractivity contribution in [1.82, 2.24) is 0 Å². The lowest BCUT2D eigenvalue weighted by molar-refractivity contribution is -0.384. The van der Waals surface area contributed by atoms with E-state index in [0.29, 0.717) is 10.6 Å². The van der Waals surface area contributed by atoms with Crippen molar-refractivity contribution in [3.05, 3.63) is 79.6 Å². The Morgan fingerprint density at radius 2 is 1.79 bits per heavy atom. The van der Waals surface area contributed by atoms with Gasteiger partial charge < -0.3 is 10.1 Å². The number of amides is 1. The normalized spacial score (nSPS) is 10.4. The fraction of sp³-hybridized carbons (Fsp3) is 0.100. The van der Waals surface area contributed by atoms with Gasteiger partial charge in [-0.15, -0.1) is 11.3 Å². The maximum Gasteiger partial charge on any atom is 0.341 e. The molecule has 0 unspecified atom stereocenters. The first-order chi connectivity index (χ1) is 13.9. The first-order valence-electron chi connectivity index (χ1n) is 8.51. The second-order valence-electron chi connectivity index (χ2n) is 5.84. The molecule has 148 valence electrons. The summed E-state index contributed by atoms with van der Waals surface area (Å²) in [5, 5.41) is 15.6. The molecular weight excluding hydrogens is 460 g/mol. The van der Waals surface area contributed by atoms with E-state index in [2.05, 4.69) is 21.2 Å². The Bertz CT molecular complexity index is 1060. The van der Waals surface area contributed by atoms with Crippen molar-refractivity contribution in [2.24, 2.45) is 0 Å². The predicted molar refractivity (Wildman–Crippen MR) is 114 cm³/mol. The zero-order valence-corrected chi connectivity index (χ0v) is 17.6. The number of esters is 1. The molecule has 0 bridgehead atoms. The number of nitrogens with one attached hydrogen (secondary N) is 1. The molecule has 9 heteroatoms. The van der Waals surface area contributed by atoms with Crippen LogP contribution in [0.2, 0.25) is 0 Å². The van der Waals surface area contributed by atoms with Gasteiger partial charge in [-0.2, -0.15) is 0 Å². The molecule has 0 fully saturated rings. The number of benzene rings is 2. The first kappa shape index (κ1) is 20.7. The molecule has 0 spiro atoms. The summed E-state index contributed by atoms with van der Waals surface area (Å²) >= 11 is 4.59. The van der Waals surface area contributed by atoms with Crippen molar-refractivity contribution >= 4 is 49.8 Å². The van der Waals surface area contributed by atoms with Crippen molar-refractivity contribution in [3.63, 3.8) is 0 Å². The van der Waals surface area contributed by atoms with Crippen LogP contribution in [0.25, 0.3) is 11.1 Å². The number of halogens is 1. The van der Waals surface area contributed by atoms with Crippen LogP contribution >= 0.6 is 27.3 Å². The van der Waals surface area contributed by atoms with Gasteiger partial charge in [0.05, 0.1) is 11.5 Å². The molecule has 0 aliphatic carbocycles. The van der Waals surface area contributed by atoms with E-state index in [-0.39, 0.29) is 23.4 Å². The third kappa shape index (κ3) is 4.69. The second kappa shape index (κ2) is 8.97. The minimum absolute atomic E-state index is 0.109. The van der Waals surface area contributed by atoms with Crippen molar-refractivity contribution in [3.8, 4) is 11.1 Å². The number of hydrogen-bond acceptors (Lipinski definition) is 6. The van der Waals surface area contributed by atoms with Crippen LogP contribution in [0.1, 0.15) is 27.6 Å². The quantitative estimate of drug-likeness (QED) is 0.288. The van der Waals surface area contributed by atoms with Gasteiger partial charge in [0.2, 0.25) is 0 Å². The van der Waals surface area contributed by atoms with Crippen LogP contribution in [0.4, 0.5) is 10.7 Å². The van der Waals surface area contributed by atoms with E-state index in [4.69, 9.17) is 4.74 Å². The second-order valence-corrected chi connectivity index (χ2v) is 7.63. The molecule has 0 aliphatic rings. The molecule has 0 saturated carbocycles. The molecule has 3 rings (SSSR count). The highest BCUT2D eigenvalue weighted by Gasteiger charge is 2.23. The molecule has 0 atom stereocenters. The summed E-state index contributed by atoms with van der Waals surface area (Å²) in [6.07, 6.45) is 0. The lowest BCUT2D eigenvalue weighted by Gasteiger charge is -2.09. The Morgan fingerprint density at radius 3 is 2.38 bits per heavy atom. The van der Waals surface area contributed by atoms with Crippen molar-refractivity contribution in [2.75, 3.05) is 11.9 Å². The predicted octanol–water partition coefficient (Wildman–Crippen LogP) is 5.51. The molecule has 1 aromatic heterocycles. The number of hydrogen-bond donors (Lipinski definition) is 1. The number of nitro benzene ring substituents is 1. The first-order valence-corrected chi connectivity index (χ1v) is 10.2. The highest BCUT2D eigenvalue weighted by Crippen LogP contribution is 2.37. The molecule has 1 heterocycles. The van der Waals surface area contributed by atoms with Crippen LogP contribution in [0.15, 0.2) is 58.4 Å². The highest BCUT2D eigenvalue weighted by molar-refractivity contribution is 9.10. The lowest BCUT2D eigenvalue weighted by Crippen LogP contribution is -2.14. The van der Waals surface area contributed by atoms with Gasteiger partial charge in [-0.05, 0) is 36.8 Å². The number of anilines is 1. The van der Waals surface area contributed by atoms with Crippen LogP contribution in [0.5, 0.6) is 0 Å². The van der Waals surface area contributed by atoms with E-state index >= 15 is 0 Å². The summed E-state index contributed by atoms with van der Waals surface area (Å²) < 4.78 is 6.08. The molecule has 3 aromatic rings. The number of rotatable bonds is 6. The summed E-state index contributed by atoms with van der Waals surface area (Å²) in [5.74, 6) is -1.01. The maximum absolute atomic E-state index is 12.6. The summed E-state index contributed by atoms with van der Waals surface area (Å²) in [7, 11) is 0. The van der Waals surface area contributed by atoms with E-state index in [1.54, 1.807) is 12.3 Å². The summed E-state index contributed by atoms with van der Waals surface area (Å²) in [4.78, 5) is 35.4. The largest absolute Gasteiger partial charge is 0.462 e. The van der Waals surface area contributed by atoms with Gasteiger partial charge in [0, 0.05) is 33.1 Å². The standard InChI is InChI=1S/C20H15BrN2O5S/c1-2-28-20(25)17-16(12-3-7-14(21)8-4-12)11-29-19(17)22-18(24)13-5-9-15(10-6-13)23(26)27/h3-11H,2H2,1H3,(H,22,24). The van der Waals surface area contributed by atoms with Gasteiger partial charge in [-0.1, -0.05) is 28.1 Å². The molecule has 1 N–H and O–H groups in total. The van der Waals surface area contributed by atoms with Crippen LogP contribution < -0.4 is 5.32 Å². The van der Waals surface area contributed by atoms with Crippen LogP contribution in [0, 0.1) is 10.1 Å². The van der Waals surface area contributed by atoms with Gasteiger partial charge in [0.25, 0.3) is 11.6 Å². The van der Waals surface area contributed by atoms with E-state index < -0.39 is 16.8 Å². The topological polar surface area (TPSA) is 98.5 Å². The Hall–Kier alpha value is -3.04. The average molecular weight is 475 g/mol. The number of thiophene rings is 1. The number of carbonyl (C=O) groups excluding carboxylic acids is 2. The molecule has 0 aliphatic heterocycles. The van der Waals surface area contributed by atoms with Gasteiger partial charge in [0.15, 0.2) is 0 Å². The average Bonchev–Trinajstić information content (AvgIpc) is 3.12. The van der Waals surface area contributed by atoms with Crippen molar-refractivity contribution in [2.45, 2.75) is 6.92 Å². The summed E-state index contributed by atoms with van der Waals surface area (Å²) in [5.41, 5.74) is 1.86. The van der Waals surface area contributed by atoms with Crippen molar-refractivity contribution in [1.29, 1.82) is 0 Å². The number of ether oxygens (including phenoxy) is 1. The SMILES string of the molecule is CCOC(=O)c1c(-c2ccc(Br)cc2)csc1NC(=O)c1ccc([N+](=O)[O-])cc1. The van der Waals surface area contributed by atoms with Crippen LogP contribution in [0.3, 0.4) is 0 Å². The molecule has 0 radical (unpaired) electrons. The Balaban J connectivity index is 1.94. The molecule has 2 aromatic carbocycles. The van der Waals surface area contributed by atoms with E-state index in [0.717, 1.165) is 10.0 Å². The molecular formula is C20H15BrN2O5S. The highest BCUT2D eigenvalue weighted by atomic mass is 79.9. The Labute approximate surface area is 178 Å². The van der Waals surface area contributed by atoms with Crippen LogP contribution in [-0.2, 0) is 4.74 Å². The third-order valence-corrected chi connectivity index (χ3v) is 5.42. The monoisotopic (exact) mass is 474 g/mol. The number of nitro groups is 1. The maximum atomic E-state index is 12.6. The number of non-ortho nitro benzene ring substituents is 1. The van der Waals surface area contributed by atoms with E-state index in [1.807, 2.05) is 24.3 Å². The van der Waals surface area contributed by atoms with Gasteiger partial charge in [-0.3, -0.25) is 14.9 Å². The van der Waals surface area contributed by atoms with Gasteiger partial charge in [-0.25, -0.2) is 4.79 Å². The zero-order valence-electron chi connectivity index (χ0n) is 15.2. The number of nitrogens with zero attached hydrogens (tertiary/aromatic N) is 1. The molecule has 0 saturated heterocycles. The van der Waals surface area contributed by atoms with Crippen molar-refractivity contribution < 1.29 is 19.2 Å². The smallest absolute Gasteiger partial charge is 0.341 e. The zero-order chi connectivity index (χ0) is 21.0. The van der Waals surface area contributed by atoms with Crippen LogP contribution in [-0.4, -0.2) is 23.4 Å². The third-order valence-electron chi connectivity index (χ3n) is 3.99. The fourth-order valence-corrected chi connectivity index (χ4v) is 3.82. The van der Waals surface area contributed by atoms with E-state index in [9.17, 15) is 19.7 Å². The van der Waals surface area contributed by atoms with E-state index in [1.165, 1.54) is 35.6 Å². The minimum atomic E-state index is -0.537. The fourth-order valence-electron chi connectivity index (χ4n) is 2.61. The number of carbonyl (C=O) groups is 2. The molecule has 1 amide bonds. The molecule has 29 heavy (non-hydrogen) atoms. The Morgan fingerprint density at radius 1 is 1.14 bits per heavy atom. The lowest BCUT2D eigenvalue weighted by atomic mass is 10.0. The minimum Gasteiger partial charge on any atom is -0.462 e. The molecule has 7 nitrogen and oxygen atoms in total.